The second kappa shape index (κ2) is 8.48. The highest BCUT2D eigenvalue weighted by Gasteiger charge is 2.09. The van der Waals surface area contributed by atoms with Crippen LogP contribution in [-0.2, 0) is 4.79 Å². The zero-order valence-corrected chi connectivity index (χ0v) is 14.4. The van der Waals surface area contributed by atoms with E-state index in [1.54, 1.807) is 31.4 Å². The van der Waals surface area contributed by atoms with Gasteiger partial charge in [0.25, 0.3) is 0 Å². The number of halogens is 1. The lowest BCUT2D eigenvalue weighted by Gasteiger charge is -2.09. The lowest BCUT2D eigenvalue weighted by molar-refractivity contribution is -0.116. The summed E-state index contributed by atoms with van der Waals surface area (Å²) in [6.07, 6.45) is 1.15. The van der Waals surface area contributed by atoms with Crippen molar-refractivity contribution in [1.29, 1.82) is 0 Å². The van der Waals surface area contributed by atoms with Crippen molar-refractivity contribution in [3.8, 4) is 5.75 Å². The van der Waals surface area contributed by atoms with E-state index >= 15 is 0 Å². The van der Waals surface area contributed by atoms with Crippen molar-refractivity contribution in [2.24, 2.45) is 0 Å². The largest absolute Gasteiger partial charge is 0.495 e. The van der Waals surface area contributed by atoms with Crippen LogP contribution in [0.4, 0.5) is 5.69 Å². The molecule has 0 spiro atoms. The minimum Gasteiger partial charge on any atom is -0.495 e. The van der Waals surface area contributed by atoms with Gasteiger partial charge in [0.15, 0.2) is 5.78 Å². The van der Waals surface area contributed by atoms with Crippen LogP contribution < -0.4 is 10.1 Å². The number of ketones is 1. The molecule has 0 atom stereocenters. The first-order valence-corrected chi connectivity index (χ1v) is 8.11. The number of rotatable bonds is 7. The van der Waals surface area contributed by atoms with Crippen LogP contribution >= 0.6 is 15.9 Å². The predicted octanol–water partition coefficient (Wildman–Crippen LogP) is 4.45. The number of benzene rings is 2. The van der Waals surface area contributed by atoms with Gasteiger partial charge in [0.2, 0.25) is 5.91 Å². The van der Waals surface area contributed by atoms with Crippen molar-refractivity contribution in [2.45, 2.75) is 19.3 Å². The van der Waals surface area contributed by atoms with E-state index in [1.165, 1.54) is 0 Å². The van der Waals surface area contributed by atoms with Gasteiger partial charge in [-0.25, -0.2) is 0 Å². The number of amides is 1. The molecule has 2 aromatic rings. The highest BCUT2D eigenvalue weighted by Crippen LogP contribution is 2.23. The zero-order valence-electron chi connectivity index (χ0n) is 12.8. The maximum Gasteiger partial charge on any atom is 0.224 e. The summed E-state index contributed by atoms with van der Waals surface area (Å²) in [5.74, 6) is 0.535. The van der Waals surface area contributed by atoms with Gasteiger partial charge in [-0.15, -0.1) is 0 Å². The molecule has 0 unspecified atom stereocenters. The molecule has 2 aromatic carbocycles. The fraction of sp³-hybridized carbons (Fsp3) is 0.222. The van der Waals surface area contributed by atoms with Crippen molar-refractivity contribution < 1.29 is 14.3 Å². The molecule has 23 heavy (non-hydrogen) atoms. The van der Waals surface area contributed by atoms with Crippen molar-refractivity contribution in [1.82, 2.24) is 0 Å². The van der Waals surface area contributed by atoms with Crippen LogP contribution in [0.2, 0.25) is 0 Å². The van der Waals surface area contributed by atoms with Crippen LogP contribution in [0.25, 0.3) is 0 Å². The van der Waals surface area contributed by atoms with Crippen LogP contribution in [0.3, 0.4) is 0 Å². The topological polar surface area (TPSA) is 55.4 Å². The number of carbonyl (C=O) groups excluding carboxylic acids is 2. The number of Topliss-reactive ketones (excluding diaryl/α,β-unsaturated/α-hetero) is 1. The van der Waals surface area contributed by atoms with Gasteiger partial charge in [0, 0.05) is 22.9 Å². The van der Waals surface area contributed by atoms with Crippen molar-refractivity contribution in [2.75, 3.05) is 12.4 Å². The van der Waals surface area contributed by atoms with Crippen LogP contribution in [0, 0.1) is 0 Å². The van der Waals surface area contributed by atoms with E-state index in [0.717, 1.165) is 4.47 Å². The summed E-state index contributed by atoms with van der Waals surface area (Å²) < 4.78 is 6.12. The van der Waals surface area contributed by atoms with Gasteiger partial charge in [-0.3, -0.25) is 9.59 Å². The number of ether oxygens (including phenoxy) is 1. The fourth-order valence-electron chi connectivity index (χ4n) is 2.15. The summed E-state index contributed by atoms with van der Waals surface area (Å²) in [4.78, 5) is 24.0. The highest BCUT2D eigenvalue weighted by molar-refractivity contribution is 9.10. The Balaban J connectivity index is 1.80. The fourth-order valence-corrected chi connectivity index (χ4v) is 2.41. The van der Waals surface area contributed by atoms with Gasteiger partial charge >= 0.3 is 0 Å². The molecule has 0 heterocycles. The molecule has 0 saturated carbocycles. The standard InChI is InChI=1S/C18H18BrNO3/c1-23-17-7-3-2-5-15(17)20-18(22)8-4-6-16(21)13-9-11-14(19)12-10-13/h2-3,5,7,9-12H,4,6,8H2,1H3,(H,20,22). The van der Waals surface area contributed by atoms with E-state index in [0.29, 0.717) is 36.3 Å². The number of carbonyl (C=O) groups is 2. The Morgan fingerprint density at radius 3 is 2.43 bits per heavy atom. The molecule has 0 bridgehead atoms. The first-order chi connectivity index (χ1) is 11.1. The highest BCUT2D eigenvalue weighted by atomic mass is 79.9. The minimum absolute atomic E-state index is 0.0441. The number of methoxy groups -OCH3 is 1. The number of anilines is 1. The van der Waals surface area contributed by atoms with Crippen molar-refractivity contribution in [3.05, 3.63) is 58.6 Å². The molecule has 0 saturated heterocycles. The summed E-state index contributed by atoms with van der Waals surface area (Å²) in [6, 6.07) is 14.5. The molecule has 1 N–H and O–H groups in total. The smallest absolute Gasteiger partial charge is 0.224 e. The number of para-hydroxylation sites is 2. The maximum absolute atomic E-state index is 12.0. The SMILES string of the molecule is COc1ccccc1NC(=O)CCCC(=O)c1ccc(Br)cc1. The molecule has 0 radical (unpaired) electrons. The van der Waals surface area contributed by atoms with Gasteiger partial charge in [-0.1, -0.05) is 40.2 Å². The normalized spacial score (nSPS) is 10.2. The van der Waals surface area contributed by atoms with E-state index in [-0.39, 0.29) is 11.7 Å². The van der Waals surface area contributed by atoms with Gasteiger partial charge in [-0.05, 0) is 30.7 Å². The second-order valence-corrected chi connectivity index (χ2v) is 5.95. The van der Waals surface area contributed by atoms with Gasteiger partial charge < -0.3 is 10.1 Å². The molecule has 0 aliphatic heterocycles. The molecular weight excluding hydrogens is 358 g/mol. The molecule has 0 fully saturated rings. The van der Waals surface area contributed by atoms with Gasteiger partial charge in [-0.2, -0.15) is 0 Å². The zero-order chi connectivity index (χ0) is 16.7. The summed E-state index contributed by atoms with van der Waals surface area (Å²) >= 11 is 3.34. The summed E-state index contributed by atoms with van der Waals surface area (Å²) in [5.41, 5.74) is 1.30. The maximum atomic E-state index is 12.0. The summed E-state index contributed by atoms with van der Waals surface area (Å²) in [7, 11) is 1.56. The average molecular weight is 376 g/mol. The Morgan fingerprint density at radius 2 is 1.74 bits per heavy atom. The summed E-state index contributed by atoms with van der Waals surface area (Å²) in [6.45, 7) is 0. The second-order valence-electron chi connectivity index (χ2n) is 5.03. The molecule has 0 aliphatic carbocycles. The average Bonchev–Trinajstić information content (AvgIpc) is 2.56. The quantitative estimate of drug-likeness (QED) is 0.727. The van der Waals surface area contributed by atoms with Crippen LogP contribution in [-0.4, -0.2) is 18.8 Å². The van der Waals surface area contributed by atoms with Crippen LogP contribution in [0.1, 0.15) is 29.6 Å². The molecule has 120 valence electrons. The number of hydrogen-bond acceptors (Lipinski definition) is 3. The Hall–Kier alpha value is -2.14. The predicted molar refractivity (Wildman–Crippen MR) is 93.9 cm³/mol. The first-order valence-electron chi connectivity index (χ1n) is 7.32. The monoisotopic (exact) mass is 375 g/mol. The van der Waals surface area contributed by atoms with Crippen molar-refractivity contribution >= 4 is 33.3 Å². The van der Waals surface area contributed by atoms with E-state index in [4.69, 9.17) is 4.74 Å². The van der Waals surface area contributed by atoms with E-state index in [1.807, 2.05) is 24.3 Å². The molecule has 5 heteroatoms. The lowest BCUT2D eigenvalue weighted by Crippen LogP contribution is -2.12. The molecule has 1 amide bonds. The van der Waals surface area contributed by atoms with Gasteiger partial charge in [0.1, 0.15) is 5.75 Å². The van der Waals surface area contributed by atoms with Crippen molar-refractivity contribution in [3.63, 3.8) is 0 Å². The van der Waals surface area contributed by atoms with Crippen LogP contribution in [0.5, 0.6) is 5.75 Å². The summed E-state index contributed by atoms with van der Waals surface area (Å²) in [5, 5.41) is 2.80. The molecule has 4 nitrogen and oxygen atoms in total. The van der Waals surface area contributed by atoms with E-state index < -0.39 is 0 Å². The number of nitrogens with one attached hydrogen (secondary N) is 1. The molecule has 0 aliphatic rings. The third-order valence-electron chi connectivity index (χ3n) is 3.35. The number of hydrogen-bond donors (Lipinski definition) is 1. The third-order valence-corrected chi connectivity index (χ3v) is 3.88. The van der Waals surface area contributed by atoms with E-state index in [9.17, 15) is 9.59 Å². The van der Waals surface area contributed by atoms with E-state index in [2.05, 4.69) is 21.2 Å². The molecular formula is C18H18BrNO3. The Morgan fingerprint density at radius 1 is 1.04 bits per heavy atom. The van der Waals surface area contributed by atoms with Gasteiger partial charge in [0.05, 0.1) is 12.8 Å². The first kappa shape index (κ1) is 17.2. The molecule has 2 rings (SSSR count). The third kappa shape index (κ3) is 5.21. The molecule has 0 aromatic heterocycles. The Labute approximate surface area is 144 Å². The minimum atomic E-state index is -0.127. The lowest BCUT2D eigenvalue weighted by atomic mass is 10.1. The Bertz CT molecular complexity index is 683. The Kier molecular flexibility index (Phi) is 6.35. The van der Waals surface area contributed by atoms with Crippen LogP contribution in [0.15, 0.2) is 53.0 Å².